The molecule has 0 saturated carbocycles. The predicted molar refractivity (Wildman–Crippen MR) is 86.6 cm³/mol. The Morgan fingerprint density at radius 2 is 2.05 bits per heavy atom. The molecule has 0 aliphatic carbocycles. The molecule has 0 amide bonds. The van der Waals surface area contributed by atoms with E-state index >= 15 is 0 Å². The van der Waals surface area contributed by atoms with Gasteiger partial charge in [-0.15, -0.1) is 10.2 Å². The van der Waals surface area contributed by atoms with Crippen LogP contribution in [0.5, 0.6) is 0 Å². The lowest BCUT2D eigenvalue weighted by atomic mass is 9.80. The van der Waals surface area contributed by atoms with E-state index in [2.05, 4.69) is 24.0 Å². The van der Waals surface area contributed by atoms with Crippen molar-refractivity contribution in [1.82, 2.24) is 10.2 Å². The monoisotopic (exact) mass is 317 g/mol. The maximum atomic E-state index is 12.0. The fourth-order valence-electron chi connectivity index (χ4n) is 2.85. The first kappa shape index (κ1) is 15.0. The Balaban J connectivity index is 1.89. The van der Waals surface area contributed by atoms with E-state index in [4.69, 9.17) is 0 Å². The normalized spacial score (nSPS) is 21.5. The number of aliphatic carboxylic acids is 1. The van der Waals surface area contributed by atoms with Gasteiger partial charge in [0.25, 0.3) is 0 Å². The molecule has 0 bridgehead atoms. The van der Waals surface area contributed by atoms with Gasteiger partial charge in [0.15, 0.2) is 0 Å². The van der Waals surface area contributed by atoms with Crippen LogP contribution in [0, 0.1) is 0 Å². The predicted octanol–water partition coefficient (Wildman–Crippen LogP) is 2.89. The topological polar surface area (TPSA) is 66.3 Å². The average Bonchev–Trinajstić information content (AvgIpc) is 3.16. The van der Waals surface area contributed by atoms with E-state index in [0.29, 0.717) is 25.4 Å². The molecule has 1 fully saturated rings. The summed E-state index contributed by atoms with van der Waals surface area (Å²) in [5.41, 5.74) is 0.00359. The Morgan fingerprint density at radius 3 is 2.64 bits per heavy atom. The number of aromatic nitrogens is 2. The Morgan fingerprint density at radius 1 is 1.32 bits per heavy atom. The maximum absolute atomic E-state index is 12.0. The Hall–Kier alpha value is -1.95. The van der Waals surface area contributed by atoms with Gasteiger partial charge in [-0.1, -0.05) is 55.5 Å². The molecular weight excluding hydrogens is 298 g/mol. The zero-order valence-corrected chi connectivity index (χ0v) is 13.5. The molecule has 1 N–H and O–H groups in total. The number of benzene rings is 1. The van der Waals surface area contributed by atoms with Crippen LogP contribution in [-0.4, -0.2) is 34.4 Å². The van der Waals surface area contributed by atoms with Gasteiger partial charge in [0, 0.05) is 19.0 Å². The van der Waals surface area contributed by atoms with Crippen LogP contribution < -0.4 is 4.90 Å². The first-order valence-corrected chi connectivity index (χ1v) is 8.22. The summed E-state index contributed by atoms with van der Waals surface area (Å²) in [6, 6.07) is 9.50. The van der Waals surface area contributed by atoms with Crippen molar-refractivity contribution in [3.05, 3.63) is 40.9 Å². The van der Waals surface area contributed by atoms with Crippen LogP contribution in [-0.2, 0) is 10.2 Å². The summed E-state index contributed by atoms with van der Waals surface area (Å²) in [7, 11) is 0. The molecule has 1 aromatic heterocycles. The first-order valence-electron chi connectivity index (χ1n) is 7.40. The fraction of sp³-hybridized carbons (Fsp3) is 0.438. The molecule has 1 saturated heterocycles. The zero-order chi connectivity index (χ0) is 15.7. The van der Waals surface area contributed by atoms with Crippen LogP contribution in [0.4, 0.5) is 5.13 Å². The lowest BCUT2D eigenvalue weighted by Crippen LogP contribution is -2.39. The van der Waals surface area contributed by atoms with Gasteiger partial charge in [0.2, 0.25) is 5.13 Å². The van der Waals surface area contributed by atoms with Gasteiger partial charge >= 0.3 is 5.97 Å². The number of rotatable bonds is 4. The zero-order valence-electron chi connectivity index (χ0n) is 12.7. The number of nitrogens with zero attached hydrogens (tertiary/aromatic N) is 3. The minimum absolute atomic E-state index is 0.340. The van der Waals surface area contributed by atoms with Crippen molar-refractivity contribution >= 4 is 22.4 Å². The lowest BCUT2D eigenvalue weighted by Gasteiger charge is -2.25. The molecule has 0 radical (unpaired) electrons. The third-order valence-electron chi connectivity index (χ3n) is 4.20. The van der Waals surface area contributed by atoms with Crippen molar-refractivity contribution in [1.29, 1.82) is 0 Å². The second-order valence-corrected chi connectivity index (χ2v) is 6.99. The molecular formula is C16H19N3O2S. The highest BCUT2D eigenvalue weighted by Gasteiger charge is 2.47. The molecule has 2 heterocycles. The summed E-state index contributed by atoms with van der Waals surface area (Å²) >= 11 is 1.56. The highest BCUT2D eigenvalue weighted by atomic mass is 32.1. The largest absolute Gasteiger partial charge is 0.481 e. The van der Waals surface area contributed by atoms with Crippen molar-refractivity contribution in [2.24, 2.45) is 0 Å². The highest BCUT2D eigenvalue weighted by molar-refractivity contribution is 7.15. The highest BCUT2D eigenvalue weighted by Crippen LogP contribution is 2.38. The fourth-order valence-corrected chi connectivity index (χ4v) is 3.72. The molecule has 5 nitrogen and oxygen atoms in total. The first-order chi connectivity index (χ1) is 10.5. The maximum Gasteiger partial charge on any atom is 0.316 e. The van der Waals surface area contributed by atoms with Gasteiger partial charge in [-0.25, -0.2) is 0 Å². The van der Waals surface area contributed by atoms with E-state index in [1.807, 2.05) is 35.2 Å². The quantitative estimate of drug-likeness (QED) is 0.939. The summed E-state index contributed by atoms with van der Waals surface area (Å²) in [6.07, 6.45) is 0.586. The summed E-state index contributed by atoms with van der Waals surface area (Å²) in [6.45, 7) is 5.30. The van der Waals surface area contributed by atoms with E-state index < -0.39 is 11.4 Å². The van der Waals surface area contributed by atoms with Crippen LogP contribution in [0.25, 0.3) is 0 Å². The summed E-state index contributed by atoms with van der Waals surface area (Å²) in [4.78, 5) is 14.0. The average molecular weight is 317 g/mol. The summed E-state index contributed by atoms with van der Waals surface area (Å²) in [5, 5.41) is 20.1. The molecule has 1 unspecified atom stereocenters. The number of hydrogen-bond acceptors (Lipinski definition) is 5. The van der Waals surface area contributed by atoms with Gasteiger partial charge in [0.05, 0.1) is 0 Å². The Bertz CT molecular complexity index is 671. The summed E-state index contributed by atoms with van der Waals surface area (Å²) < 4.78 is 0. The molecule has 1 aliphatic heterocycles. The molecule has 1 aliphatic rings. The van der Waals surface area contributed by atoms with Gasteiger partial charge < -0.3 is 10.0 Å². The minimum atomic E-state index is -0.856. The smallest absolute Gasteiger partial charge is 0.316 e. The van der Waals surface area contributed by atoms with Gasteiger partial charge in [-0.05, 0) is 12.0 Å². The SMILES string of the molecule is CC(C)c1nnc(N2CCC(C(=O)O)(c3ccccc3)C2)s1. The van der Waals surface area contributed by atoms with Crippen molar-refractivity contribution in [3.63, 3.8) is 0 Å². The standard InChI is InChI=1S/C16H19N3O2S/c1-11(2)13-17-18-15(22-13)19-9-8-16(10-19,14(20)21)12-6-4-3-5-7-12/h3-7,11H,8-10H2,1-2H3,(H,20,21). The van der Waals surface area contributed by atoms with Crippen molar-refractivity contribution < 1.29 is 9.90 Å². The molecule has 1 atom stereocenters. The number of carboxylic acids is 1. The van der Waals surface area contributed by atoms with E-state index in [0.717, 1.165) is 15.7 Å². The van der Waals surface area contributed by atoms with Gasteiger partial charge in [0.1, 0.15) is 10.4 Å². The Labute approximate surface area is 133 Å². The number of carboxylic acid groups (broad SMARTS) is 1. The molecule has 116 valence electrons. The molecule has 3 rings (SSSR count). The van der Waals surface area contributed by atoms with Crippen molar-refractivity contribution in [2.45, 2.75) is 31.6 Å². The third-order valence-corrected chi connectivity index (χ3v) is 5.48. The van der Waals surface area contributed by atoms with Crippen LogP contribution in [0.15, 0.2) is 30.3 Å². The minimum Gasteiger partial charge on any atom is -0.481 e. The van der Waals surface area contributed by atoms with Crippen LogP contribution >= 0.6 is 11.3 Å². The van der Waals surface area contributed by atoms with Gasteiger partial charge in [-0.3, -0.25) is 4.79 Å². The van der Waals surface area contributed by atoms with Crippen LogP contribution in [0.3, 0.4) is 0 Å². The second-order valence-electron chi connectivity index (χ2n) is 6.00. The third kappa shape index (κ3) is 2.47. The Kier molecular flexibility index (Phi) is 3.87. The molecule has 6 heteroatoms. The van der Waals surface area contributed by atoms with Gasteiger partial charge in [-0.2, -0.15) is 0 Å². The number of anilines is 1. The molecule has 22 heavy (non-hydrogen) atoms. The molecule has 2 aromatic rings. The van der Waals surface area contributed by atoms with E-state index in [9.17, 15) is 9.90 Å². The van der Waals surface area contributed by atoms with E-state index in [-0.39, 0.29) is 0 Å². The van der Waals surface area contributed by atoms with Crippen LogP contribution in [0.1, 0.15) is 36.8 Å². The second kappa shape index (κ2) is 5.68. The van der Waals surface area contributed by atoms with Crippen molar-refractivity contribution in [3.8, 4) is 0 Å². The molecule has 1 aromatic carbocycles. The molecule has 0 spiro atoms. The number of hydrogen-bond donors (Lipinski definition) is 1. The van der Waals surface area contributed by atoms with Crippen molar-refractivity contribution in [2.75, 3.05) is 18.0 Å². The van der Waals surface area contributed by atoms with E-state index in [1.54, 1.807) is 11.3 Å². The van der Waals surface area contributed by atoms with Crippen LogP contribution in [0.2, 0.25) is 0 Å². The van der Waals surface area contributed by atoms with E-state index in [1.165, 1.54) is 0 Å². The lowest BCUT2D eigenvalue weighted by molar-refractivity contribution is -0.143. The summed E-state index contributed by atoms with van der Waals surface area (Å²) in [5.74, 6) is -0.429. The number of carbonyl (C=O) groups is 1.